The molecule has 280 valence electrons. The van der Waals surface area contributed by atoms with Crippen molar-refractivity contribution in [3.63, 3.8) is 0 Å². The van der Waals surface area contributed by atoms with Crippen molar-refractivity contribution in [2.45, 2.75) is 232 Å². The quantitative estimate of drug-likeness (QED) is 0.0312. The van der Waals surface area contributed by atoms with Crippen molar-refractivity contribution in [2.24, 2.45) is 0 Å². The van der Waals surface area contributed by atoms with Gasteiger partial charge in [-0.2, -0.15) is 0 Å². The van der Waals surface area contributed by atoms with Gasteiger partial charge in [0, 0.05) is 12.8 Å². The zero-order valence-corrected chi connectivity index (χ0v) is 31.1. The standard InChI is InChI=1S/C40H73NO7/c1-3-5-7-9-11-13-15-17-19-21-23-25-27-29-31-33-35(42)47-37-38(40(45)41(46)39(37)44)48-36(43)34-32-30-28-26-24-22-20-18-16-14-12-10-8-6-4-2/h37-38,46H,3-34H2,1-2H3. The van der Waals surface area contributed by atoms with Crippen LogP contribution in [0.1, 0.15) is 219 Å². The van der Waals surface area contributed by atoms with Crippen molar-refractivity contribution < 1.29 is 33.9 Å². The summed E-state index contributed by atoms with van der Waals surface area (Å²) in [5.74, 6) is -3.41. The van der Waals surface area contributed by atoms with Gasteiger partial charge in [-0.05, 0) is 12.8 Å². The normalized spacial score (nSPS) is 16.2. The smallest absolute Gasteiger partial charge is 0.306 e. The molecule has 1 fully saturated rings. The number of rotatable bonds is 34. The van der Waals surface area contributed by atoms with Crippen molar-refractivity contribution in [1.82, 2.24) is 5.06 Å². The molecule has 1 rings (SSSR count). The average Bonchev–Trinajstić information content (AvgIpc) is 3.26. The molecule has 8 heteroatoms. The first-order chi connectivity index (χ1) is 23.4. The van der Waals surface area contributed by atoms with Gasteiger partial charge in [0.05, 0.1) is 0 Å². The van der Waals surface area contributed by atoms with E-state index < -0.39 is 36.0 Å². The molecular weight excluding hydrogens is 606 g/mol. The number of ether oxygens (including phenoxy) is 2. The number of amides is 2. The molecular formula is C40H73NO7. The van der Waals surface area contributed by atoms with Crippen molar-refractivity contribution in [3.8, 4) is 0 Å². The third-order valence-corrected chi connectivity index (χ3v) is 9.67. The fourth-order valence-corrected chi connectivity index (χ4v) is 6.52. The van der Waals surface area contributed by atoms with Gasteiger partial charge in [0.2, 0.25) is 12.2 Å². The second kappa shape index (κ2) is 31.1. The van der Waals surface area contributed by atoms with Crippen LogP contribution in [0.3, 0.4) is 0 Å². The van der Waals surface area contributed by atoms with Gasteiger partial charge in [-0.15, -0.1) is 5.06 Å². The molecule has 8 nitrogen and oxygen atoms in total. The van der Waals surface area contributed by atoms with Crippen LogP contribution in [-0.4, -0.2) is 46.2 Å². The van der Waals surface area contributed by atoms with E-state index in [1.807, 2.05) is 0 Å². The molecule has 0 spiro atoms. The fourth-order valence-electron chi connectivity index (χ4n) is 6.52. The second-order valence-electron chi connectivity index (χ2n) is 14.2. The van der Waals surface area contributed by atoms with E-state index in [0.717, 1.165) is 38.5 Å². The molecule has 1 aliphatic heterocycles. The minimum atomic E-state index is -1.63. The molecule has 2 amide bonds. The van der Waals surface area contributed by atoms with E-state index >= 15 is 0 Å². The Kier molecular flexibility index (Phi) is 28.5. The van der Waals surface area contributed by atoms with E-state index in [9.17, 15) is 24.4 Å². The molecule has 1 aliphatic rings. The SMILES string of the molecule is CCCCCCCCCCCCCCCCCC(=O)OC1C(=O)N(O)C(=O)C1OC(=O)CCCCCCCCCCCCCCCCC. The highest BCUT2D eigenvalue weighted by Gasteiger charge is 2.52. The van der Waals surface area contributed by atoms with Gasteiger partial charge in [-0.3, -0.25) is 24.4 Å². The molecule has 0 aromatic heterocycles. The highest BCUT2D eigenvalue weighted by Crippen LogP contribution is 2.22. The van der Waals surface area contributed by atoms with Gasteiger partial charge in [0.1, 0.15) is 0 Å². The number of carbonyl (C=O) groups excluding carboxylic acids is 4. The van der Waals surface area contributed by atoms with Crippen molar-refractivity contribution in [2.75, 3.05) is 0 Å². The number of hydrogen-bond donors (Lipinski definition) is 1. The minimum absolute atomic E-state index is 0.100. The summed E-state index contributed by atoms with van der Waals surface area (Å²) in [4.78, 5) is 49.6. The zero-order valence-electron chi connectivity index (χ0n) is 31.1. The van der Waals surface area contributed by atoms with Crippen molar-refractivity contribution in [3.05, 3.63) is 0 Å². The van der Waals surface area contributed by atoms with Crippen LogP contribution in [0, 0.1) is 0 Å². The minimum Gasteiger partial charge on any atom is -0.447 e. The lowest BCUT2D eigenvalue weighted by atomic mass is 10.0. The van der Waals surface area contributed by atoms with Crippen molar-refractivity contribution >= 4 is 23.8 Å². The number of esters is 2. The number of carbonyl (C=O) groups is 4. The third-order valence-electron chi connectivity index (χ3n) is 9.67. The van der Waals surface area contributed by atoms with E-state index in [0.29, 0.717) is 12.8 Å². The van der Waals surface area contributed by atoms with Crippen LogP contribution in [0.15, 0.2) is 0 Å². The first kappa shape index (κ1) is 44.1. The van der Waals surface area contributed by atoms with E-state index in [2.05, 4.69) is 13.8 Å². The Morgan fingerprint density at radius 1 is 0.438 bits per heavy atom. The largest absolute Gasteiger partial charge is 0.447 e. The highest BCUT2D eigenvalue weighted by molar-refractivity contribution is 6.08. The molecule has 1 heterocycles. The summed E-state index contributed by atoms with van der Waals surface area (Å²) < 4.78 is 10.5. The highest BCUT2D eigenvalue weighted by atomic mass is 16.6. The monoisotopic (exact) mass is 680 g/mol. The molecule has 0 saturated carbocycles. The number of nitrogens with zero attached hydrogens (tertiary/aromatic N) is 1. The van der Waals surface area contributed by atoms with Crippen LogP contribution >= 0.6 is 0 Å². The zero-order chi connectivity index (χ0) is 35.1. The van der Waals surface area contributed by atoms with Crippen LogP contribution in [-0.2, 0) is 28.7 Å². The summed E-state index contributed by atoms with van der Waals surface area (Å²) in [5, 5.41) is 9.72. The molecule has 2 atom stereocenters. The summed E-state index contributed by atoms with van der Waals surface area (Å²) >= 11 is 0. The van der Waals surface area contributed by atoms with Crippen LogP contribution in [0.4, 0.5) is 0 Å². The first-order valence-electron chi connectivity index (χ1n) is 20.4. The summed E-state index contributed by atoms with van der Waals surface area (Å²) in [6.45, 7) is 4.50. The second-order valence-corrected chi connectivity index (χ2v) is 14.2. The molecule has 0 aliphatic carbocycles. The predicted molar refractivity (Wildman–Crippen MR) is 192 cm³/mol. The maximum Gasteiger partial charge on any atom is 0.306 e. The molecule has 48 heavy (non-hydrogen) atoms. The summed E-state index contributed by atoms with van der Waals surface area (Å²) in [7, 11) is 0. The third kappa shape index (κ3) is 22.6. The van der Waals surface area contributed by atoms with Gasteiger partial charge in [-0.25, -0.2) is 0 Å². The van der Waals surface area contributed by atoms with Crippen molar-refractivity contribution in [1.29, 1.82) is 0 Å². The molecule has 0 aromatic rings. The Morgan fingerprint density at radius 3 is 0.875 bits per heavy atom. The number of hydrogen-bond acceptors (Lipinski definition) is 7. The fraction of sp³-hybridized carbons (Fsp3) is 0.900. The van der Waals surface area contributed by atoms with Gasteiger partial charge >= 0.3 is 11.9 Å². The first-order valence-corrected chi connectivity index (χ1v) is 20.4. The Morgan fingerprint density at radius 2 is 0.646 bits per heavy atom. The molecule has 0 aromatic carbocycles. The van der Waals surface area contributed by atoms with E-state index in [-0.39, 0.29) is 17.9 Å². The van der Waals surface area contributed by atoms with Gasteiger partial charge < -0.3 is 9.47 Å². The summed E-state index contributed by atoms with van der Waals surface area (Å²) in [6, 6.07) is 0. The molecule has 0 radical (unpaired) electrons. The Labute approximate surface area is 293 Å². The maximum absolute atomic E-state index is 12.4. The van der Waals surface area contributed by atoms with Crippen LogP contribution in [0.2, 0.25) is 0 Å². The molecule has 1 saturated heterocycles. The van der Waals surface area contributed by atoms with E-state index in [1.165, 1.54) is 141 Å². The van der Waals surface area contributed by atoms with Gasteiger partial charge in [0.25, 0.3) is 11.8 Å². The van der Waals surface area contributed by atoms with Gasteiger partial charge in [-0.1, -0.05) is 194 Å². The maximum atomic E-state index is 12.4. The topological polar surface area (TPSA) is 110 Å². The molecule has 2 unspecified atom stereocenters. The molecule has 0 bridgehead atoms. The van der Waals surface area contributed by atoms with Gasteiger partial charge in [0.15, 0.2) is 0 Å². The Balaban J connectivity index is 2.09. The Bertz CT molecular complexity index is 766. The lowest BCUT2D eigenvalue weighted by Gasteiger charge is -2.16. The molecule has 1 N–H and O–H groups in total. The lowest BCUT2D eigenvalue weighted by Crippen LogP contribution is -2.37. The summed E-state index contributed by atoms with van der Waals surface area (Å²) in [6.07, 6.45) is 33.5. The Hall–Kier alpha value is -1.96. The summed E-state index contributed by atoms with van der Waals surface area (Å²) in [5.41, 5.74) is 0. The van der Waals surface area contributed by atoms with E-state index in [1.54, 1.807) is 0 Å². The van der Waals surface area contributed by atoms with E-state index in [4.69, 9.17) is 9.47 Å². The number of imide groups is 1. The average molecular weight is 680 g/mol. The lowest BCUT2D eigenvalue weighted by molar-refractivity contribution is -0.177. The van der Waals surface area contributed by atoms with Crippen LogP contribution in [0.25, 0.3) is 0 Å². The predicted octanol–water partition coefficient (Wildman–Crippen LogP) is 11.1. The number of hydroxylamine groups is 2. The number of unbranched alkanes of at least 4 members (excludes halogenated alkanes) is 28. The van der Waals surface area contributed by atoms with Crippen LogP contribution in [0.5, 0.6) is 0 Å². The van der Waals surface area contributed by atoms with Crippen LogP contribution < -0.4 is 0 Å².